The molecule has 0 spiro atoms. The highest BCUT2D eigenvalue weighted by molar-refractivity contribution is 7.98. The third-order valence-corrected chi connectivity index (χ3v) is 6.39. The summed E-state index contributed by atoms with van der Waals surface area (Å²) < 4.78 is 1.95. The van der Waals surface area contributed by atoms with Crippen molar-refractivity contribution in [2.45, 2.75) is 18.0 Å². The average Bonchev–Trinajstić information content (AvgIpc) is 3.21. The number of benzene rings is 3. The van der Waals surface area contributed by atoms with E-state index in [0.29, 0.717) is 36.5 Å². The van der Waals surface area contributed by atoms with E-state index >= 15 is 0 Å². The van der Waals surface area contributed by atoms with Crippen molar-refractivity contribution in [3.63, 3.8) is 0 Å². The van der Waals surface area contributed by atoms with Gasteiger partial charge < -0.3 is 14.8 Å². The smallest absolute Gasteiger partial charge is 0.290 e. The number of imidazole rings is 1. The van der Waals surface area contributed by atoms with Crippen molar-refractivity contribution in [1.82, 2.24) is 14.5 Å². The number of hydrogen-bond donors (Lipinski definition) is 1. The number of thioether (sulfide) groups is 1. The fourth-order valence-corrected chi connectivity index (χ4v) is 4.36. The van der Waals surface area contributed by atoms with E-state index in [0.717, 1.165) is 21.7 Å². The summed E-state index contributed by atoms with van der Waals surface area (Å²) >= 11 is 1.65. The summed E-state index contributed by atoms with van der Waals surface area (Å²) in [5, 5.41) is 2.92. The molecule has 4 aromatic rings. The molecular weight excluding hydrogens is 420 g/mol. The van der Waals surface area contributed by atoms with Gasteiger partial charge in [0.15, 0.2) is 5.82 Å². The highest BCUT2D eigenvalue weighted by Gasteiger charge is 2.28. The second-order valence-corrected chi connectivity index (χ2v) is 8.57. The van der Waals surface area contributed by atoms with E-state index in [9.17, 15) is 9.59 Å². The van der Waals surface area contributed by atoms with E-state index in [1.165, 1.54) is 0 Å². The van der Waals surface area contributed by atoms with Crippen LogP contribution in [0.3, 0.4) is 0 Å². The van der Waals surface area contributed by atoms with Crippen LogP contribution in [0.1, 0.15) is 26.5 Å². The van der Waals surface area contributed by atoms with Crippen LogP contribution in [-0.4, -0.2) is 39.1 Å². The van der Waals surface area contributed by atoms with Gasteiger partial charge in [-0.15, -0.1) is 11.8 Å². The Hall–Kier alpha value is -3.58. The highest BCUT2D eigenvalue weighted by Crippen LogP contribution is 2.24. The fourth-order valence-electron chi connectivity index (χ4n) is 3.96. The highest BCUT2D eigenvalue weighted by atomic mass is 32.2. The van der Waals surface area contributed by atoms with Gasteiger partial charge in [0.2, 0.25) is 0 Å². The molecule has 0 bridgehead atoms. The van der Waals surface area contributed by atoms with E-state index in [1.54, 1.807) is 23.9 Å². The van der Waals surface area contributed by atoms with Crippen LogP contribution in [0.25, 0.3) is 11.0 Å². The van der Waals surface area contributed by atoms with Crippen molar-refractivity contribution in [1.29, 1.82) is 0 Å². The minimum absolute atomic E-state index is 0.0869. The molecule has 0 saturated heterocycles. The van der Waals surface area contributed by atoms with Crippen molar-refractivity contribution in [2.24, 2.45) is 0 Å². The largest absolute Gasteiger partial charge is 0.330 e. The molecule has 0 saturated carbocycles. The lowest BCUT2D eigenvalue weighted by Crippen LogP contribution is -2.39. The number of carbonyl (C=O) groups excluding carboxylic acids is 2. The summed E-state index contributed by atoms with van der Waals surface area (Å²) in [6, 6.07) is 23.1. The number of aromatic nitrogens is 2. The van der Waals surface area contributed by atoms with Crippen LogP contribution in [0, 0.1) is 0 Å². The molecule has 1 aliphatic heterocycles. The van der Waals surface area contributed by atoms with Gasteiger partial charge in [-0.2, -0.15) is 0 Å². The molecule has 32 heavy (non-hydrogen) atoms. The molecule has 3 aromatic carbocycles. The number of amides is 2. The van der Waals surface area contributed by atoms with Gasteiger partial charge in [0.05, 0.1) is 11.0 Å². The molecule has 0 radical (unpaired) electrons. The summed E-state index contributed by atoms with van der Waals surface area (Å²) in [5.41, 5.74) is 3.86. The van der Waals surface area contributed by atoms with Gasteiger partial charge in [-0.3, -0.25) is 9.59 Å². The number of carbonyl (C=O) groups is 2. The molecule has 5 rings (SSSR count). The van der Waals surface area contributed by atoms with E-state index in [4.69, 9.17) is 0 Å². The second kappa shape index (κ2) is 8.51. The number of rotatable bonds is 5. The van der Waals surface area contributed by atoms with Gasteiger partial charge in [-0.1, -0.05) is 30.3 Å². The van der Waals surface area contributed by atoms with E-state index in [2.05, 4.69) is 10.3 Å². The van der Waals surface area contributed by atoms with Crippen LogP contribution >= 0.6 is 11.8 Å². The first kappa shape index (κ1) is 20.3. The number of fused-ring (bicyclic) bond motifs is 3. The van der Waals surface area contributed by atoms with Crippen molar-refractivity contribution in [3.05, 3.63) is 89.7 Å². The lowest BCUT2D eigenvalue weighted by molar-refractivity contribution is 0.0685. The second-order valence-electron chi connectivity index (χ2n) is 7.69. The number of nitrogens with one attached hydrogen (secondary N) is 1. The Morgan fingerprint density at radius 1 is 1.03 bits per heavy atom. The third kappa shape index (κ3) is 3.87. The molecule has 0 fully saturated rings. The first-order chi connectivity index (χ1) is 15.6. The maximum Gasteiger partial charge on any atom is 0.290 e. The monoisotopic (exact) mass is 442 g/mol. The van der Waals surface area contributed by atoms with E-state index in [1.807, 2.05) is 76.4 Å². The van der Waals surface area contributed by atoms with Gasteiger partial charge in [-0.05, 0) is 54.3 Å². The SMILES string of the molecule is CSc1ccc(NC(=O)c2ccc3c(c2)nc2n3CCN(Cc3ccccc3)C2=O)cc1. The van der Waals surface area contributed by atoms with Gasteiger partial charge in [-0.25, -0.2) is 4.98 Å². The van der Waals surface area contributed by atoms with Crippen LogP contribution in [-0.2, 0) is 13.1 Å². The normalized spacial score (nSPS) is 13.3. The molecule has 0 unspecified atom stereocenters. The Labute approximate surface area is 190 Å². The molecule has 1 N–H and O–H groups in total. The van der Waals surface area contributed by atoms with Crippen molar-refractivity contribution < 1.29 is 9.59 Å². The summed E-state index contributed by atoms with van der Waals surface area (Å²) in [7, 11) is 0. The lowest BCUT2D eigenvalue weighted by atomic mass is 10.1. The Morgan fingerprint density at radius 2 is 1.81 bits per heavy atom. The van der Waals surface area contributed by atoms with Gasteiger partial charge in [0.1, 0.15) is 0 Å². The van der Waals surface area contributed by atoms with Crippen LogP contribution in [0.15, 0.2) is 77.7 Å². The Balaban J connectivity index is 1.37. The van der Waals surface area contributed by atoms with Crippen LogP contribution in [0.4, 0.5) is 5.69 Å². The summed E-state index contributed by atoms with van der Waals surface area (Å²) in [6.07, 6.45) is 2.01. The fraction of sp³-hybridized carbons (Fsp3) is 0.160. The molecule has 1 aromatic heterocycles. The van der Waals surface area contributed by atoms with Crippen LogP contribution in [0.2, 0.25) is 0 Å². The first-order valence-corrected chi connectivity index (χ1v) is 11.6. The zero-order valence-corrected chi connectivity index (χ0v) is 18.4. The topological polar surface area (TPSA) is 67.2 Å². The first-order valence-electron chi connectivity index (χ1n) is 10.4. The maximum absolute atomic E-state index is 13.1. The summed E-state index contributed by atoms with van der Waals surface area (Å²) in [6.45, 7) is 1.87. The summed E-state index contributed by atoms with van der Waals surface area (Å²) in [5.74, 6) is 0.135. The Morgan fingerprint density at radius 3 is 2.56 bits per heavy atom. The molecular formula is C25H22N4O2S. The minimum atomic E-state index is -0.202. The minimum Gasteiger partial charge on any atom is -0.330 e. The lowest BCUT2D eigenvalue weighted by Gasteiger charge is -2.27. The molecule has 0 atom stereocenters. The van der Waals surface area contributed by atoms with E-state index < -0.39 is 0 Å². The molecule has 2 heterocycles. The average molecular weight is 443 g/mol. The number of hydrogen-bond acceptors (Lipinski definition) is 4. The van der Waals surface area contributed by atoms with Gasteiger partial charge >= 0.3 is 0 Å². The van der Waals surface area contributed by atoms with Crippen molar-refractivity contribution >= 4 is 40.3 Å². The van der Waals surface area contributed by atoms with Crippen LogP contribution < -0.4 is 5.32 Å². The zero-order valence-electron chi connectivity index (χ0n) is 17.6. The predicted octanol–water partition coefficient (Wildman–Crippen LogP) is 4.67. The van der Waals surface area contributed by atoms with Crippen molar-refractivity contribution in [3.8, 4) is 0 Å². The predicted molar refractivity (Wildman–Crippen MR) is 127 cm³/mol. The summed E-state index contributed by atoms with van der Waals surface area (Å²) in [4.78, 5) is 33.4. The molecule has 2 amide bonds. The Bertz CT molecular complexity index is 1300. The maximum atomic E-state index is 13.1. The molecule has 6 nitrogen and oxygen atoms in total. The Kier molecular flexibility index (Phi) is 5.41. The number of nitrogens with zero attached hydrogens (tertiary/aromatic N) is 3. The standard InChI is InChI=1S/C25H22N4O2S/c1-32-20-10-8-19(9-11-20)26-24(30)18-7-12-22-21(15-18)27-23-25(31)28(13-14-29(22)23)16-17-5-3-2-4-6-17/h2-12,15H,13-14,16H2,1H3,(H,26,30). The molecule has 0 aliphatic carbocycles. The molecule has 7 heteroatoms. The third-order valence-electron chi connectivity index (χ3n) is 5.65. The van der Waals surface area contributed by atoms with Gasteiger partial charge in [0, 0.05) is 35.8 Å². The zero-order chi connectivity index (χ0) is 22.1. The van der Waals surface area contributed by atoms with E-state index in [-0.39, 0.29) is 11.8 Å². The quantitative estimate of drug-likeness (QED) is 0.456. The number of anilines is 1. The molecule has 160 valence electrons. The van der Waals surface area contributed by atoms with Crippen LogP contribution in [0.5, 0.6) is 0 Å². The molecule has 1 aliphatic rings. The van der Waals surface area contributed by atoms with Gasteiger partial charge in [0.25, 0.3) is 11.8 Å². The van der Waals surface area contributed by atoms with Crippen molar-refractivity contribution in [2.75, 3.05) is 18.1 Å².